The number of hydrogen-bond donors (Lipinski definition) is 0. The third kappa shape index (κ3) is 8.02. The maximum absolute atomic E-state index is 9.48. The highest BCUT2D eigenvalue weighted by atomic mass is 16.5. The fourth-order valence-corrected chi connectivity index (χ4v) is 8.60. The molecule has 4 nitrogen and oxygen atoms in total. The van der Waals surface area contributed by atoms with Gasteiger partial charge in [-0.25, -0.2) is 4.85 Å². The van der Waals surface area contributed by atoms with Crippen LogP contribution in [0.3, 0.4) is 0 Å². The van der Waals surface area contributed by atoms with Crippen LogP contribution in [0.25, 0.3) is 27.1 Å². The molecule has 4 aromatic carbocycles. The number of nitriles is 1. The number of hydrogen-bond acceptors (Lipinski definition) is 3. The van der Waals surface area contributed by atoms with E-state index in [9.17, 15) is 5.26 Å². The Morgan fingerprint density at radius 1 is 0.608 bits per heavy atom. The van der Waals surface area contributed by atoms with E-state index in [0.717, 1.165) is 74.4 Å². The summed E-state index contributed by atoms with van der Waals surface area (Å²) in [5.74, 6) is 2.05. The first-order chi connectivity index (χ1) is 25.1. The molecule has 2 aliphatic rings. The van der Waals surface area contributed by atoms with E-state index >= 15 is 0 Å². The van der Waals surface area contributed by atoms with Crippen LogP contribution in [0.5, 0.6) is 11.5 Å². The van der Waals surface area contributed by atoms with Crippen molar-refractivity contribution in [1.82, 2.24) is 0 Å². The Bertz CT molecular complexity index is 1710. The zero-order chi connectivity index (χ0) is 35.5. The lowest BCUT2D eigenvalue weighted by Crippen LogP contribution is -2.23. The van der Waals surface area contributed by atoms with Crippen molar-refractivity contribution in [1.29, 1.82) is 5.26 Å². The zero-order valence-corrected chi connectivity index (χ0v) is 30.9. The van der Waals surface area contributed by atoms with E-state index in [2.05, 4.69) is 73.3 Å². The smallest absolute Gasteiger partial charge is 0.187 e. The maximum Gasteiger partial charge on any atom is 0.187 e. The van der Waals surface area contributed by atoms with Crippen molar-refractivity contribution in [3.8, 4) is 39.8 Å². The predicted octanol–water partition coefficient (Wildman–Crippen LogP) is 13.1. The second kappa shape index (κ2) is 17.6. The summed E-state index contributed by atoms with van der Waals surface area (Å²) >= 11 is 0. The molecule has 51 heavy (non-hydrogen) atoms. The van der Waals surface area contributed by atoms with Crippen molar-refractivity contribution in [2.24, 2.45) is 0 Å². The normalized spacial score (nSPS) is 15.7. The summed E-state index contributed by atoms with van der Waals surface area (Å²) in [7, 11) is 0. The van der Waals surface area contributed by atoms with Crippen molar-refractivity contribution in [2.75, 3.05) is 13.2 Å². The molecule has 0 fully saturated rings. The fourth-order valence-electron chi connectivity index (χ4n) is 8.60. The molecule has 0 radical (unpaired) electrons. The van der Waals surface area contributed by atoms with E-state index in [4.69, 9.17) is 16.0 Å². The highest BCUT2D eigenvalue weighted by molar-refractivity contribution is 5.79. The summed E-state index contributed by atoms with van der Waals surface area (Å²) in [5.41, 5.74) is 11.4. The van der Waals surface area contributed by atoms with Crippen LogP contribution >= 0.6 is 0 Å². The average molecular weight is 679 g/mol. The highest BCUT2D eigenvalue weighted by Crippen LogP contribution is 2.60. The number of rotatable bonds is 18. The molecule has 1 atom stereocenters. The summed E-state index contributed by atoms with van der Waals surface area (Å²) in [4.78, 5) is 3.64. The van der Waals surface area contributed by atoms with E-state index in [0.29, 0.717) is 11.3 Å². The van der Waals surface area contributed by atoms with Crippen molar-refractivity contribution in [3.63, 3.8) is 0 Å². The molecule has 264 valence electrons. The van der Waals surface area contributed by atoms with Gasteiger partial charge in [-0.3, -0.25) is 0 Å². The Balaban J connectivity index is 1.40. The van der Waals surface area contributed by atoms with Gasteiger partial charge in [-0.1, -0.05) is 127 Å². The first kappa shape index (κ1) is 36.3. The molecule has 0 aliphatic heterocycles. The van der Waals surface area contributed by atoms with Gasteiger partial charge in [0, 0.05) is 16.5 Å². The number of unbranched alkanes of at least 4 members (excludes halogenated alkanes) is 10. The van der Waals surface area contributed by atoms with Crippen molar-refractivity contribution >= 4 is 5.69 Å². The number of nitrogens with zero attached hydrogens (tertiary/aromatic N) is 2. The Hall–Kier alpha value is -4.54. The summed E-state index contributed by atoms with van der Waals surface area (Å²) < 4.78 is 13.6. The fraction of sp³-hybridized carbons (Fsp3) is 0.447. The lowest BCUT2D eigenvalue weighted by atomic mass is 9.75. The second-order valence-corrected chi connectivity index (χ2v) is 14.6. The molecule has 1 unspecified atom stereocenters. The highest BCUT2D eigenvalue weighted by Gasteiger charge is 2.50. The number of fused-ring (bicyclic) bond motifs is 4. The van der Waals surface area contributed by atoms with Crippen molar-refractivity contribution < 1.29 is 9.47 Å². The molecule has 6 rings (SSSR count). The predicted molar refractivity (Wildman–Crippen MR) is 210 cm³/mol. The molecule has 0 amide bonds. The van der Waals surface area contributed by atoms with Crippen LogP contribution in [0.15, 0.2) is 72.8 Å². The molecular formula is C47H54N2O2. The molecule has 1 spiro atoms. The van der Waals surface area contributed by atoms with Crippen LogP contribution < -0.4 is 9.47 Å². The monoisotopic (exact) mass is 678 g/mol. The summed E-state index contributed by atoms with van der Waals surface area (Å²) in [6, 6.07) is 27.3. The molecule has 4 aromatic rings. The van der Waals surface area contributed by atoms with Crippen molar-refractivity contribution in [3.05, 3.63) is 112 Å². The van der Waals surface area contributed by atoms with Gasteiger partial charge in [0.05, 0.1) is 31.4 Å². The van der Waals surface area contributed by atoms with E-state index in [-0.39, 0.29) is 5.41 Å². The average Bonchev–Trinajstić information content (AvgIpc) is 3.76. The van der Waals surface area contributed by atoms with E-state index in [1.807, 2.05) is 24.3 Å². The third-order valence-electron chi connectivity index (χ3n) is 11.3. The number of benzene rings is 4. The molecule has 0 aromatic heterocycles. The van der Waals surface area contributed by atoms with Gasteiger partial charge in [0.25, 0.3) is 0 Å². The van der Waals surface area contributed by atoms with Crippen LogP contribution in [0.1, 0.15) is 132 Å². The van der Waals surface area contributed by atoms with Crippen LogP contribution in [-0.4, -0.2) is 13.2 Å². The van der Waals surface area contributed by atoms with E-state index in [1.165, 1.54) is 97.6 Å². The molecule has 0 bridgehead atoms. The second-order valence-electron chi connectivity index (χ2n) is 14.6. The van der Waals surface area contributed by atoms with Crippen LogP contribution in [0.2, 0.25) is 0 Å². The summed E-state index contributed by atoms with van der Waals surface area (Å²) in [6.45, 7) is 13.5. The van der Waals surface area contributed by atoms with Gasteiger partial charge in [-0.05, 0) is 96.2 Å². The Kier molecular flexibility index (Phi) is 12.5. The third-order valence-corrected chi connectivity index (χ3v) is 11.3. The minimum atomic E-state index is -0.202. The van der Waals surface area contributed by atoms with Crippen LogP contribution in [0, 0.1) is 17.9 Å². The maximum atomic E-state index is 9.48. The minimum Gasteiger partial charge on any atom is -0.493 e. The SMILES string of the molecule is [C-]#[N+]c1ccc(-c2ccc(OCCCCCCCC)c3c2CCC32CCc3c(-c4ccc(C#N)cc4)ccc(OCCCCCCCC)c32)cc1. The van der Waals surface area contributed by atoms with Gasteiger partial charge < -0.3 is 9.47 Å². The quantitative estimate of drug-likeness (QED) is 0.0777. The van der Waals surface area contributed by atoms with Gasteiger partial charge in [0.15, 0.2) is 5.69 Å². The first-order valence-corrected chi connectivity index (χ1v) is 19.7. The Labute approximate surface area is 306 Å². The topological polar surface area (TPSA) is 46.6 Å². The molecular weight excluding hydrogens is 625 g/mol. The van der Waals surface area contributed by atoms with Crippen molar-refractivity contribution in [2.45, 2.75) is 122 Å². The lowest BCUT2D eigenvalue weighted by molar-refractivity contribution is 0.288. The first-order valence-electron chi connectivity index (χ1n) is 19.7. The van der Waals surface area contributed by atoms with Gasteiger partial charge in [-0.15, -0.1) is 0 Å². The molecule has 0 saturated heterocycles. The summed E-state index contributed by atoms with van der Waals surface area (Å²) in [5, 5.41) is 9.48. The molecule has 0 N–H and O–H groups in total. The number of ether oxygens (including phenoxy) is 2. The lowest BCUT2D eigenvalue weighted by Gasteiger charge is -2.31. The minimum absolute atomic E-state index is 0.202. The largest absolute Gasteiger partial charge is 0.493 e. The van der Waals surface area contributed by atoms with E-state index < -0.39 is 0 Å². The molecule has 4 heteroatoms. The van der Waals surface area contributed by atoms with E-state index in [1.54, 1.807) is 0 Å². The molecule has 0 heterocycles. The van der Waals surface area contributed by atoms with Gasteiger partial charge in [0.2, 0.25) is 0 Å². The van der Waals surface area contributed by atoms with Gasteiger partial charge in [-0.2, -0.15) is 5.26 Å². The molecule has 2 aliphatic carbocycles. The van der Waals surface area contributed by atoms with Gasteiger partial charge >= 0.3 is 0 Å². The summed E-state index contributed by atoms with van der Waals surface area (Å²) in [6.07, 6.45) is 18.8. The molecule has 0 saturated carbocycles. The zero-order valence-electron chi connectivity index (χ0n) is 30.9. The standard InChI is InChI=1S/C47H54N2O2/c1-4-6-8-10-12-14-32-50-43-26-24-39(36-18-16-35(34-48)17-19-36)41-28-30-47(45(41)43)31-29-42-40(37-20-22-38(49-3)23-21-37)25-27-44(46(42)47)51-33-15-13-11-9-7-5-2/h16-27H,4-15,28-33H2,1-2H3. The Morgan fingerprint density at radius 3 is 1.51 bits per heavy atom. The van der Waals surface area contributed by atoms with Crippen LogP contribution in [-0.2, 0) is 18.3 Å². The van der Waals surface area contributed by atoms with Crippen LogP contribution in [0.4, 0.5) is 5.69 Å². The van der Waals surface area contributed by atoms with Gasteiger partial charge in [0.1, 0.15) is 11.5 Å². The Morgan fingerprint density at radius 2 is 1.06 bits per heavy atom.